The van der Waals surface area contributed by atoms with Crippen LogP contribution in [0.5, 0.6) is 11.5 Å². The molecule has 1 aromatic heterocycles. The summed E-state index contributed by atoms with van der Waals surface area (Å²) in [5.74, 6) is 1.43. The fourth-order valence-corrected chi connectivity index (χ4v) is 4.59. The summed E-state index contributed by atoms with van der Waals surface area (Å²) in [4.78, 5) is 12.9. The van der Waals surface area contributed by atoms with Gasteiger partial charge in [0, 0.05) is 34.2 Å². The number of ether oxygens (including phenoxy) is 2. The van der Waals surface area contributed by atoms with Crippen LogP contribution in [-0.4, -0.2) is 25.7 Å². The number of methoxy groups -OCH3 is 1. The fourth-order valence-electron chi connectivity index (χ4n) is 4.59. The number of nitrogens with one attached hydrogen (secondary N) is 1. The Kier molecular flexibility index (Phi) is 8.34. The van der Waals surface area contributed by atoms with Crippen LogP contribution in [0.3, 0.4) is 0 Å². The van der Waals surface area contributed by atoms with Crippen molar-refractivity contribution in [3.63, 3.8) is 0 Å². The summed E-state index contributed by atoms with van der Waals surface area (Å²) in [5, 5.41) is 4.09. The summed E-state index contributed by atoms with van der Waals surface area (Å²) in [7, 11) is 1.66. The van der Waals surface area contributed by atoms with Gasteiger partial charge in [0.15, 0.2) is 0 Å². The van der Waals surface area contributed by atoms with E-state index < -0.39 is 0 Å². The molecule has 1 N–H and O–H groups in total. The third kappa shape index (κ3) is 6.05. The van der Waals surface area contributed by atoms with Crippen LogP contribution in [-0.2, 0) is 11.2 Å². The number of fused-ring (bicyclic) bond motifs is 1. The van der Waals surface area contributed by atoms with Gasteiger partial charge in [-0.15, -0.1) is 0 Å². The number of aryl methyl sites for hydroxylation is 2. The Hall–Kier alpha value is -3.99. The van der Waals surface area contributed by atoms with Gasteiger partial charge in [-0.05, 0) is 75.4 Å². The first kappa shape index (κ1) is 26.1. The molecule has 4 aromatic rings. The number of hydrogen-bond acceptors (Lipinski definition) is 4. The van der Waals surface area contributed by atoms with E-state index in [1.165, 1.54) is 5.56 Å². The van der Waals surface area contributed by atoms with Crippen molar-refractivity contribution in [1.82, 2.24) is 5.32 Å². The molecule has 4 rings (SSSR count). The zero-order chi connectivity index (χ0) is 26.4. The summed E-state index contributed by atoms with van der Waals surface area (Å²) >= 11 is 0. The Morgan fingerprint density at radius 2 is 1.84 bits per heavy atom. The molecular formula is C32H35NO4. The molecule has 3 aromatic carbocycles. The molecule has 0 radical (unpaired) electrons. The molecule has 1 unspecified atom stereocenters. The van der Waals surface area contributed by atoms with Gasteiger partial charge in [0.2, 0.25) is 5.91 Å². The van der Waals surface area contributed by atoms with E-state index in [-0.39, 0.29) is 11.9 Å². The van der Waals surface area contributed by atoms with E-state index in [1.54, 1.807) is 19.4 Å². The van der Waals surface area contributed by atoms with Crippen molar-refractivity contribution >= 4 is 22.4 Å². The van der Waals surface area contributed by atoms with Gasteiger partial charge >= 0.3 is 0 Å². The van der Waals surface area contributed by atoms with Crippen molar-refractivity contribution in [1.29, 1.82) is 0 Å². The highest BCUT2D eigenvalue weighted by Gasteiger charge is 2.19. The molecule has 0 spiro atoms. The van der Waals surface area contributed by atoms with Crippen LogP contribution in [0.4, 0.5) is 0 Å². The maximum absolute atomic E-state index is 12.9. The number of allylic oxidation sites excluding steroid dienone is 1. The lowest BCUT2D eigenvalue weighted by Gasteiger charge is -2.16. The van der Waals surface area contributed by atoms with Crippen molar-refractivity contribution in [3.05, 3.63) is 89.7 Å². The van der Waals surface area contributed by atoms with Crippen LogP contribution >= 0.6 is 0 Å². The number of carbonyl (C=O) groups is 1. The number of rotatable bonds is 10. The smallest absolute Gasteiger partial charge is 0.244 e. The molecule has 0 saturated carbocycles. The Morgan fingerprint density at radius 3 is 2.51 bits per heavy atom. The maximum atomic E-state index is 12.9. The molecule has 1 amide bonds. The number of carbonyl (C=O) groups excluding carboxylic acids is 1. The van der Waals surface area contributed by atoms with Crippen LogP contribution < -0.4 is 14.8 Å². The minimum absolute atomic E-state index is 0.0582. The van der Waals surface area contributed by atoms with Crippen molar-refractivity contribution in [2.75, 3.05) is 13.7 Å². The standard InChI is InChI=1S/C32H35NO4/c1-6-36-31-23(4)32-28(29(20-37-32)25-14-16-26(35-5)17-15-25)19-27(31)21(2)18-30(34)33-22(3)12-13-24-10-8-7-9-11-24/h7-11,14-20,22H,6,12-13H2,1-5H3,(H,33,34)/b21-18+. The maximum Gasteiger partial charge on any atom is 0.244 e. The summed E-state index contributed by atoms with van der Waals surface area (Å²) in [6.07, 6.45) is 5.23. The summed E-state index contributed by atoms with van der Waals surface area (Å²) in [6.45, 7) is 8.46. The first-order valence-electron chi connectivity index (χ1n) is 12.8. The monoisotopic (exact) mass is 497 g/mol. The van der Waals surface area contributed by atoms with E-state index in [0.29, 0.717) is 6.61 Å². The average molecular weight is 498 g/mol. The molecule has 0 saturated heterocycles. The summed E-state index contributed by atoms with van der Waals surface area (Å²) in [6, 6.07) is 20.3. The van der Waals surface area contributed by atoms with Gasteiger partial charge in [-0.1, -0.05) is 42.5 Å². The van der Waals surface area contributed by atoms with Crippen LogP contribution in [0.15, 0.2) is 77.4 Å². The number of furan rings is 1. The quantitative estimate of drug-likeness (QED) is 0.233. The third-order valence-electron chi connectivity index (χ3n) is 6.60. The van der Waals surface area contributed by atoms with Crippen LogP contribution in [0, 0.1) is 6.92 Å². The van der Waals surface area contributed by atoms with Gasteiger partial charge in [0.05, 0.1) is 20.0 Å². The van der Waals surface area contributed by atoms with E-state index in [2.05, 4.69) is 23.5 Å². The molecule has 1 heterocycles. The SMILES string of the molecule is CCOc1c(/C(C)=C/C(=O)NC(C)CCc2ccccc2)cc2c(-c3ccc(OC)cc3)coc2c1C. The fraction of sp³-hybridized carbons (Fsp3) is 0.281. The highest BCUT2D eigenvalue weighted by Crippen LogP contribution is 2.41. The Balaban J connectivity index is 1.61. The highest BCUT2D eigenvalue weighted by atomic mass is 16.5. The number of benzene rings is 3. The second-order valence-corrected chi connectivity index (χ2v) is 9.33. The molecule has 0 fully saturated rings. The lowest BCUT2D eigenvalue weighted by Crippen LogP contribution is -2.31. The predicted octanol–water partition coefficient (Wildman–Crippen LogP) is 7.36. The van der Waals surface area contributed by atoms with Crippen molar-refractivity contribution in [2.45, 2.75) is 46.6 Å². The van der Waals surface area contributed by atoms with Crippen LogP contribution in [0.2, 0.25) is 0 Å². The molecule has 5 heteroatoms. The van der Waals surface area contributed by atoms with E-state index in [0.717, 1.165) is 63.1 Å². The molecule has 1 atom stereocenters. The Morgan fingerprint density at radius 1 is 1.11 bits per heavy atom. The molecule has 37 heavy (non-hydrogen) atoms. The van der Waals surface area contributed by atoms with Gasteiger partial charge in [0.25, 0.3) is 0 Å². The largest absolute Gasteiger partial charge is 0.497 e. The second-order valence-electron chi connectivity index (χ2n) is 9.33. The minimum Gasteiger partial charge on any atom is -0.497 e. The first-order valence-corrected chi connectivity index (χ1v) is 12.8. The zero-order valence-electron chi connectivity index (χ0n) is 22.3. The number of amides is 1. The van der Waals surface area contributed by atoms with Crippen molar-refractivity contribution in [3.8, 4) is 22.6 Å². The molecular weight excluding hydrogens is 462 g/mol. The molecule has 0 aliphatic carbocycles. The Labute approximate surface area is 219 Å². The zero-order valence-corrected chi connectivity index (χ0v) is 22.3. The summed E-state index contributed by atoms with van der Waals surface area (Å²) in [5.41, 5.74) is 6.70. The lowest BCUT2D eigenvalue weighted by atomic mass is 9.96. The van der Waals surface area contributed by atoms with Crippen molar-refractivity contribution in [2.24, 2.45) is 0 Å². The second kappa shape index (κ2) is 11.8. The highest BCUT2D eigenvalue weighted by molar-refractivity contribution is 6.01. The predicted molar refractivity (Wildman–Crippen MR) is 150 cm³/mol. The van der Waals surface area contributed by atoms with Crippen LogP contribution in [0.1, 0.15) is 43.9 Å². The first-order chi connectivity index (χ1) is 17.9. The Bertz CT molecular complexity index is 1380. The van der Waals surface area contributed by atoms with E-state index in [1.807, 2.05) is 70.2 Å². The van der Waals surface area contributed by atoms with Gasteiger partial charge in [-0.2, -0.15) is 0 Å². The van der Waals surface area contributed by atoms with Gasteiger partial charge in [0.1, 0.15) is 17.1 Å². The normalized spacial score (nSPS) is 12.4. The van der Waals surface area contributed by atoms with Gasteiger partial charge in [-0.3, -0.25) is 4.79 Å². The van der Waals surface area contributed by atoms with E-state index in [4.69, 9.17) is 13.9 Å². The van der Waals surface area contributed by atoms with Crippen LogP contribution in [0.25, 0.3) is 27.7 Å². The van der Waals surface area contributed by atoms with Gasteiger partial charge < -0.3 is 19.2 Å². The average Bonchev–Trinajstić information content (AvgIpc) is 3.34. The van der Waals surface area contributed by atoms with Gasteiger partial charge in [-0.25, -0.2) is 0 Å². The summed E-state index contributed by atoms with van der Waals surface area (Å²) < 4.78 is 17.3. The van der Waals surface area contributed by atoms with Crippen molar-refractivity contribution < 1.29 is 18.7 Å². The third-order valence-corrected chi connectivity index (χ3v) is 6.60. The molecule has 192 valence electrons. The number of hydrogen-bond donors (Lipinski definition) is 1. The molecule has 0 bridgehead atoms. The minimum atomic E-state index is -0.110. The molecule has 0 aliphatic heterocycles. The topological polar surface area (TPSA) is 60.7 Å². The van der Waals surface area contributed by atoms with E-state index in [9.17, 15) is 4.79 Å². The molecule has 0 aliphatic rings. The lowest BCUT2D eigenvalue weighted by molar-refractivity contribution is -0.117. The molecule has 5 nitrogen and oxygen atoms in total. The van der Waals surface area contributed by atoms with E-state index >= 15 is 0 Å².